The first-order valence-electron chi connectivity index (χ1n) is 16.7. The molecule has 3 aromatic carbocycles. The van der Waals surface area contributed by atoms with Gasteiger partial charge in [-0.15, -0.1) is 0 Å². The van der Waals surface area contributed by atoms with Gasteiger partial charge in [-0.1, -0.05) is 48.9 Å². The molecule has 0 bridgehead atoms. The summed E-state index contributed by atoms with van der Waals surface area (Å²) in [6, 6.07) is 20.6. The van der Waals surface area contributed by atoms with Gasteiger partial charge in [0.15, 0.2) is 0 Å². The van der Waals surface area contributed by atoms with Gasteiger partial charge in [0, 0.05) is 24.5 Å². The first kappa shape index (κ1) is 41.2. The molecule has 5 rings (SSSR count). The fourth-order valence-electron chi connectivity index (χ4n) is 6.47. The van der Waals surface area contributed by atoms with Gasteiger partial charge >= 0.3 is 162 Å². The summed E-state index contributed by atoms with van der Waals surface area (Å²) in [7, 11) is 12.0. The Balaban J connectivity index is 0.000000267. The Morgan fingerprint density at radius 3 is 1.88 bits per heavy atom. The van der Waals surface area contributed by atoms with Gasteiger partial charge in [-0.3, -0.25) is 0 Å². The number of nitrogens with zero attached hydrogens (tertiary/aromatic N) is 3. The molecule has 50 heavy (non-hydrogen) atoms. The number of hydrogen-bond acceptors (Lipinski definition) is 4. The van der Waals surface area contributed by atoms with Crippen LogP contribution in [-0.4, -0.2) is 29.7 Å². The molecule has 6 nitrogen and oxygen atoms in total. The van der Waals surface area contributed by atoms with Crippen LogP contribution < -0.4 is 24.4 Å². The van der Waals surface area contributed by atoms with Crippen molar-refractivity contribution in [3.05, 3.63) is 119 Å². The van der Waals surface area contributed by atoms with E-state index in [0.717, 1.165) is 37.4 Å². The third-order valence-electron chi connectivity index (χ3n) is 8.15. The summed E-state index contributed by atoms with van der Waals surface area (Å²) < 4.78 is 9.67. The number of carbonyl (C=O) groups is 1. The molecule has 1 fully saturated rings. The summed E-state index contributed by atoms with van der Waals surface area (Å²) >= 11 is -2.00. The largest absolute Gasteiger partial charge is 0.502 e. The molecule has 0 unspecified atom stereocenters. The van der Waals surface area contributed by atoms with Crippen LogP contribution in [0.5, 0.6) is 5.75 Å². The zero-order valence-corrected chi connectivity index (χ0v) is 33.2. The summed E-state index contributed by atoms with van der Waals surface area (Å²) in [5.74, 6) is 0.703. The molecule has 0 spiro atoms. The van der Waals surface area contributed by atoms with Crippen molar-refractivity contribution >= 4 is 47.0 Å². The van der Waals surface area contributed by atoms with Crippen LogP contribution in [0.3, 0.4) is 0 Å². The fraction of sp³-hybridized carbons (Fsp3) is 0.366. The van der Waals surface area contributed by atoms with Crippen LogP contribution in [0, 0.1) is 48.2 Å². The molecule has 1 amide bonds. The molecule has 1 N–H and O–H groups in total. The van der Waals surface area contributed by atoms with E-state index in [9.17, 15) is 4.79 Å². The van der Waals surface area contributed by atoms with E-state index < -0.39 is 13.5 Å². The number of carbonyl (C=O) groups excluding carboxylic acids is 1. The maximum atomic E-state index is 12.2. The standard InChI is InChI=1S/C21H27N2.C19H22N2O2.CH4.2ClH.Ru/c1-14-9-16(3)20(17(4)10-14)22-7-8-23(13-22)21-18(5)11-15(2)12-19(21)6;1-15(2)23-18-10-9-17(14-16(18)3)20-19(22)8-7-13-21-11-5-4-6-12-21;;;;/h9-13H,7-8H2,1-6H3;3-6,9-12,14-15H,7-8,13H2,1-2H3;1H4;2*1H;/q-1;;;;;+2/p-1. The average molecular weight is 807 g/mol. The second kappa shape index (κ2) is 19.4. The van der Waals surface area contributed by atoms with Gasteiger partial charge in [0.2, 0.25) is 0 Å². The Morgan fingerprint density at radius 1 is 0.880 bits per heavy atom. The molecule has 0 atom stereocenters. The number of ether oxygens (including phenoxy) is 1. The minimum Gasteiger partial charge on any atom is -0.502 e. The Bertz CT molecular complexity index is 1660. The smallest absolute Gasteiger partial charge is 0.0146 e. The molecule has 272 valence electrons. The van der Waals surface area contributed by atoms with E-state index in [1.807, 2.05) is 67.2 Å². The zero-order valence-electron chi connectivity index (χ0n) is 30.0. The minimum absolute atomic E-state index is 0. The third-order valence-corrected chi connectivity index (χ3v) is 9.98. The number of rotatable bonds is 10. The van der Waals surface area contributed by atoms with E-state index in [4.69, 9.17) is 24.1 Å². The topological polar surface area (TPSA) is 48.7 Å². The number of aromatic nitrogens is 1. The Morgan fingerprint density at radius 2 is 1.40 bits per heavy atom. The van der Waals surface area contributed by atoms with E-state index in [-0.39, 0.29) is 19.4 Å². The van der Waals surface area contributed by atoms with Gasteiger partial charge in [-0.25, -0.2) is 0 Å². The van der Waals surface area contributed by atoms with Crippen molar-refractivity contribution in [3.63, 3.8) is 0 Å². The quantitative estimate of drug-likeness (QED) is 0.0986. The van der Waals surface area contributed by atoms with Crippen molar-refractivity contribution in [3.8, 4) is 5.75 Å². The second-order valence-electron chi connectivity index (χ2n) is 13.0. The third kappa shape index (κ3) is 11.9. The number of halogens is 2. The summed E-state index contributed by atoms with van der Waals surface area (Å²) in [6.45, 7) is 22.3. The van der Waals surface area contributed by atoms with Crippen molar-refractivity contribution in [2.75, 3.05) is 28.2 Å². The van der Waals surface area contributed by atoms with Crippen LogP contribution in [-0.2, 0) is 24.9 Å². The molecular formula is C41H54Cl2N4O2Ru. The fourth-order valence-corrected chi connectivity index (χ4v) is 8.25. The molecule has 2 heterocycles. The van der Waals surface area contributed by atoms with Crippen molar-refractivity contribution in [1.29, 1.82) is 0 Å². The molecule has 0 saturated carbocycles. The van der Waals surface area contributed by atoms with Gasteiger partial charge in [0.25, 0.3) is 0 Å². The van der Waals surface area contributed by atoms with Crippen LogP contribution in [0.4, 0.5) is 17.1 Å². The van der Waals surface area contributed by atoms with E-state index in [1.165, 1.54) is 44.8 Å². The number of anilines is 3. The van der Waals surface area contributed by atoms with E-state index in [1.54, 1.807) is 0 Å². The molecule has 4 aromatic rings. The molecular weight excluding hydrogens is 752 g/mol. The predicted molar refractivity (Wildman–Crippen MR) is 211 cm³/mol. The molecule has 9 heteroatoms. The summed E-state index contributed by atoms with van der Waals surface area (Å²) in [5.41, 5.74) is 12.4. The first-order chi connectivity index (χ1) is 23.3. The molecule has 1 aliphatic heterocycles. The SMILES string of the molecule is C.CC(C)Oc1ccc(NC(=O)CCC[n+]2ccccc2)cc1[CH]=[Ru]([Cl])[Cl].Cc1cc(C)c(N2[CH-]N(c3c(C)cc(C)cc3C)CC2)c(C)c1. The van der Waals surface area contributed by atoms with Gasteiger partial charge in [-0.2, -0.15) is 6.67 Å². The van der Waals surface area contributed by atoms with Crippen LogP contribution in [0.15, 0.2) is 73.1 Å². The van der Waals surface area contributed by atoms with Crippen molar-refractivity contribution in [2.24, 2.45) is 0 Å². The number of nitrogens with one attached hydrogen (secondary N) is 1. The van der Waals surface area contributed by atoms with Crippen molar-refractivity contribution < 1.29 is 27.6 Å². The van der Waals surface area contributed by atoms with E-state index >= 15 is 0 Å². The Hall–Kier alpha value is -3.25. The normalized spacial score (nSPS) is 12.6. The number of aryl methyl sites for hydroxylation is 7. The summed E-state index contributed by atoms with van der Waals surface area (Å²) in [6.07, 6.45) is 5.25. The minimum atomic E-state index is -2.00. The zero-order chi connectivity index (χ0) is 35.7. The van der Waals surface area contributed by atoms with Crippen molar-refractivity contribution in [2.45, 2.75) is 88.3 Å². The Kier molecular flexibility index (Phi) is 16.0. The van der Waals surface area contributed by atoms with Crippen LogP contribution in [0.1, 0.15) is 73.1 Å². The number of pyridine rings is 1. The molecule has 0 radical (unpaired) electrons. The maximum Gasteiger partial charge on any atom is 0.0146 e. The van der Waals surface area contributed by atoms with Gasteiger partial charge in [0.05, 0.1) is 0 Å². The number of benzene rings is 3. The monoisotopic (exact) mass is 806 g/mol. The molecule has 0 aliphatic carbocycles. The van der Waals surface area contributed by atoms with Gasteiger partial charge in [0.1, 0.15) is 0 Å². The number of amides is 1. The molecule has 1 aromatic heterocycles. The van der Waals surface area contributed by atoms with Gasteiger partial charge in [-0.05, 0) is 63.8 Å². The maximum absolute atomic E-state index is 12.2. The average Bonchev–Trinajstić information content (AvgIpc) is 3.46. The number of hydrogen-bond donors (Lipinski definition) is 1. The van der Waals surface area contributed by atoms with Crippen molar-refractivity contribution in [1.82, 2.24) is 0 Å². The summed E-state index contributed by atoms with van der Waals surface area (Å²) in [4.78, 5) is 17.0. The summed E-state index contributed by atoms with van der Waals surface area (Å²) in [5, 5.41) is 2.93. The van der Waals surface area contributed by atoms with E-state index in [0.29, 0.717) is 12.1 Å². The van der Waals surface area contributed by atoms with Gasteiger partial charge < -0.3 is 9.80 Å². The molecule has 1 saturated heterocycles. The predicted octanol–water partition coefficient (Wildman–Crippen LogP) is 9.88. The molecule has 1 aliphatic rings. The first-order valence-corrected chi connectivity index (χ1v) is 22.2. The van der Waals surface area contributed by atoms with E-state index in [2.05, 4.69) is 92.2 Å². The van der Waals surface area contributed by atoms with Crippen LogP contribution in [0.25, 0.3) is 0 Å². The second-order valence-corrected chi connectivity index (χ2v) is 18.7. The van der Waals surface area contributed by atoms with Crippen LogP contribution >= 0.6 is 19.4 Å². The Labute approximate surface area is 313 Å². The van der Waals surface area contributed by atoms with Crippen LogP contribution in [0.2, 0.25) is 0 Å².